The van der Waals surface area contributed by atoms with Gasteiger partial charge in [0.05, 0.1) is 23.3 Å². The van der Waals surface area contributed by atoms with Crippen molar-refractivity contribution in [3.63, 3.8) is 0 Å². The maximum atomic E-state index is 9.79. The summed E-state index contributed by atoms with van der Waals surface area (Å²) in [5, 5.41) is 13.3. The van der Waals surface area contributed by atoms with Gasteiger partial charge in [0.15, 0.2) is 0 Å². The van der Waals surface area contributed by atoms with Crippen molar-refractivity contribution in [2.24, 2.45) is 0 Å². The van der Waals surface area contributed by atoms with Crippen LogP contribution in [-0.2, 0) is 4.74 Å². The minimum atomic E-state index is -0.339. The molecule has 3 heteroatoms. The molecule has 0 bridgehead atoms. The van der Waals surface area contributed by atoms with Crippen LogP contribution in [0.3, 0.4) is 0 Å². The SMILES string of the molecule is CCC(C)NC1(CO)CC(C)(C)OC1(C)C. The van der Waals surface area contributed by atoms with Gasteiger partial charge in [-0.25, -0.2) is 0 Å². The number of nitrogens with one attached hydrogen (secondary N) is 1. The third kappa shape index (κ3) is 2.41. The van der Waals surface area contributed by atoms with Gasteiger partial charge >= 0.3 is 0 Å². The third-order valence-corrected chi connectivity index (χ3v) is 3.82. The van der Waals surface area contributed by atoms with E-state index in [9.17, 15) is 5.11 Å². The van der Waals surface area contributed by atoms with Crippen LogP contribution in [0.1, 0.15) is 54.4 Å². The number of hydrogen-bond donors (Lipinski definition) is 2. The normalized spacial score (nSPS) is 33.9. The van der Waals surface area contributed by atoms with Gasteiger partial charge in [-0.2, -0.15) is 0 Å². The zero-order valence-electron chi connectivity index (χ0n) is 11.6. The number of hydrogen-bond acceptors (Lipinski definition) is 3. The standard InChI is InChI=1S/C13H27NO2/c1-7-10(2)14-13(9-15)8-11(3,4)16-12(13,5)6/h10,14-15H,7-9H2,1-6H3. The smallest absolute Gasteiger partial charge is 0.0838 e. The zero-order valence-corrected chi connectivity index (χ0v) is 11.6. The van der Waals surface area contributed by atoms with Crippen LogP contribution in [-0.4, -0.2) is 34.5 Å². The van der Waals surface area contributed by atoms with E-state index < -0.39 is 0 Å². The molecule has 1 heterocycles. The number of aliphatic hydroxyl groups excluding tert-OH is 1. The Kier molecular flexibility index (Phi) is 3.73. The first-order valence-corrected chi connectivity index (χ1v) is 6.27. The molecule has 96 valence electrons. The van der Waals surface area contributed by atoms with Crippen molar-refractivity contribution in [3.8, 4) is 0 Å². The van der Waals surface area contributed by atoms with Crippen molar-refractivity contribution in [1.29, 1.82) is 0 Å². The first-order chi connectivity index (χ1) is 7.18. The fraction of sp³-hybridized carbons (Fsp3) is 1.00. The molecule has 0 aromatic rings. The van der Waals surface area contributed by atoms with Gasteiger partial charge in [0, 0.05) is 6.04 Å². The Labute approximate surface area is 99.6 Å². The lowest BCUT2D eigenvalue weighted by Gasteiger charge is -2.41. The van der Waals surface area contributed by atoms with Crippen molar-refractivity contribution >= 4 is 0 Å². The van der Waals surface area contributed by atoms with Crippen molar-refractivity contribution < 1.29 is 9.84 Å². The van der Waals surface area contributed by atoms with Gasteiger partial charge in [0.1, 0.15) is 0 Å². The minimum Gasteiger partial charge on any atom is -0.394 e. The molecule has 1 aliphatic rings. The summed E-state index contributed by atoms with van der Waals surface area (Å²) < 4.78 is 6.07. The average Bonchev–Trinajstić information content (AvgIpc) is 2.31. The van der Waals surface area contributed by atoms with Gasteiger partial charge in [0.25, 0.3) is 0 Å². The Morgan fingerprint density at radius 3 is 2.19 bits per heavy atom. The van der Waals surface area contributed by atoms with Gasteiger partial charge in [-0.1, -0.05) is 6.92 Å². The van der Waals surface area contributed by atoms with Crippen molar-refractivity contribution in [1.82, 2.24) is 5.32 Å². The molecule has 2 N–H and O–H groups in total. The van der Waals surface area contributed by atoms with E-state index in [0.717, 1.165) is 12.8 Å². The molecule has 0 aliphatic carbocycles. The lowest BCUT2D eigenvalue weighted by molar-refractivity contribution is -0.0909. The molecule has 1 fully saturated rings. The largest absolute Gasteiger partial charge is 0.394 e. The summed E-state index contributed by atoms with van der Waals surface area (Å²) in [4.78, 5) is 0. The molecule has 0 saturated carbocycles. The third-order valence-electron chi connectivity index (χ3n) is 3.82. The van der Waals surface area contributed by atoms with Crippen LogP contribution in [0.15, 0.2) is 0 Å². The quantitative estimate of drug-likeness (QED) is 0.775. The molecule has 0 aromatic heterocycles. The monoisotopic (exact) mass is 229 g/mol. The Morgan fingerprint density at radius 1 is 1.31 bits per heavy atom. The first kappa shape index (κ1) is 13.9. The van der Waals surface area contributed by atoms with Crippen LogP contribution >= 0.6 is 0 Å². The molecule has 1 aliphatic heterocycles. The average molecular weight is 229 g/mol. The predicted octanol–water partition coefficient (Wildman–Crippen LogP) is 2.08. The highest BCUT2D eigenvalue weighted by molar-refractivity contribution is 5.11. The minimum absolute atomic E-state index is 0.119. The Hall–Kier alpha value is -0.120. The lowest BCUT2D eigenvalue weighted by atomic mass is 9.79. The maximum absolute atomic E-state index is 9.79. The molecular formula is C13H27NO2. The Bertz CT molecular complexity index is 250. The van der Waals surface area contributed by atoms with E-state index in [1.165, 1.54) is 0 Å². The number of ether oxygens (including phenoxy) is 1. The second kappa shape index (κ2) is 4.28. The van der Waals surface area contributed by atoms with E-state index in [2.05, 4.69) is 46.9 Å². The van der Waals surface area contributed by atoms with Gasteiger partial charge < -0.3 is 15.2 Å². The van der Waals surface area contributed by atoms with Crippen molar-refractivity contribution in [2.75, 3.05) is 6.61 Å². The van der Waals surface area contributed by atoms with Crippen LogP contribution in [0.4, 0.5) is 0 Å². The van der Waals surface area contributed by atoms with Gasteiger partial charge in [-0.3, -0.25) is 0 Å². The van der Waals surface area contributed by atoms with E-state index in [0.29, 0.717) is 6.04 Å². The summed E-state index contributed by atoms with van der Waals surface area (Å²) in [6.45, 7) is 12.7. The van der Waals surface area contributed by atoms with Crippen LogP contribution in [0.2, 0.25) is 0 Å². The highest BCUT2D eigenvalue weighted by Gasteiger charge is 2.57. The summed E-state index contributed by atoms with van der Waals surface area (Å²) >= 11 is 0. The summed E-state index contributed by atoms with van der Waals surface area (Å²) in [6, 6.07) is 0.393. The second-order valence-corrected chi connectivity index (χ2v) is 6.24. The highest BCUT2D eigenvalue weighted by Crippen LogP contribution is 2.45. The lowest BCUT2D eigenvalue weighted by Crippen LogP contribution is -2.62. The molecule has 0 spiro atoms. The Morgan fingerprint density at radius 2 is 1.88 bits per heavy atom. The van der Waals surface area contributed by atoms with E-state index >= 15 is 0 Å². The highest BCUT2D eigenvalue weighted by atomic mass is 16.5. The first-order valence-electron chi connectivity index (χ1n) is 6.27. The topological polar surface area (TPSA) is 41.5 Å². The molecule has 1 rings (SSSR count). The van der Waals surface area contributed by atoms with Gasteiger partial charge in [0.2, 0.25) is 0 Å². The fourth-order valence-electron chi connectivity index (χ4n) is 2.85. The van der Waals surface area contributed by atoms with Gasteiger partial charge in [-0.15, -0.1) is 0 Å². The molecule has 0 radical (unpaired) electrons. The molecule has 1 saturated heterocycles. The van der Waals surface area contributed by atoms with Crippen LogP contribution in [0.25, 0.3) is 0 Å². The van der Waals surface area contributed by atoms with E-state index in [1.807, 2.05) is 0 Å². The predicted molar refractivity (Wildman–Crippen MR) is 66.6 cm³/mol. The van der Waals surface area contributed by atoms with Crippen LogP contribution in [0.5, 0.6) is 0 Å². The van der Waals surface area contributed by atoms with Crippen LogP contribution in [0, 0.1) is 0 Å². The number of aliphatic hydroxyl groups is 1. The molecule has 2 atom stereocenters. The van der Waals surface area contributed by atoms with E-state index in [-0.39, 0.29) is 23.3 Å². The molecule has 0 aromatic carbocycles. The van der Waals surface area contributed by atoms with Crippen molar-refractivity contribution in [2.45, 2.75) is 77.2 Å². The molecule has 16 heavy (non-hydrogen) atoms. The fourth-order valence-corrected chi connectivity index (χ4v) is 2.85. The van der Waals surface area contributed by atoms with E-state index in [4.69, 9.17) is 4.74 Å². The molecule has 0 amide bonds. The summed E-state index contributed by atoms with van der Waals surface area (Å²) in [7, 11) is 0. The molecule has 3 nitrogen and oxygen atoms in total. The molecular weight excluding hydrogens is 202 g/mol. The summed E-state index contributed by atoms with van der Waals surface area (Å²) in [6.07, 6.45) is 1.89. The molecule has 2 unspecified atom stereocenters. The van der Waals surface area contributed by atoms with Gasteiger partial charge in [-0.05, 0) is 47.5 Å². The van der Waals surface area contributed by atoms with Crippen LogP contribution < -0.4 is 5.32 Å². The second-order valence-electron chi connectivity index (χ2n) is 6.24. The zero-order chi connectivity index (χ0) is 12.6. The van der Waals surface area contributed by atoms with E-state index in [1.54, 1.807) is 0 Å². The summed E-state index contributed by atoms with van der Waals surface area (Å²) in [5.41, 5.74) is -0.840. The number of rotatable bonds is 4. The summed E-state index contributed by atoms with van der Waals surface area (Å²) in [5.74, 6) is 0. The van der Waals surface area contributed by atoms with Crippen molar-refractivity contribution in [3.05, 3.63) is 0 Å². The maximum Gasteiger partial charge on any atom is 0.0838 e. The Balaban J connectivity index is 2.94.